The van der Waals surface area contributed by atoms with E-state index in [0.29, 0.717) is 30.8 Å². The first-order valence-corrected chi connectivity index (χ1v) is 8.72. The van der Waals surface area contributed by atoms with Crippen LogP contribution in [-0.4, -0.2) is 30.4 Å². The van der Waals surface area contributed by atoms with E-state index in [1.807, 2.05) is 36.4 Å². The van der Waals surface area contributed by atoms with Crippen molar-refractivity contribution in [2.45, 2.75) is 13.0 Å². The first kappa shape index (κ1) is 18.5. The predicted octanol–water partition coefficient (Wildman–Crippen LogP) is 3.95. The molecule has 0 aliphatic rings. The highest BCUT2D eigenvalue weighted by atomic mass is 16.5. The van der Waals surface area contributed by atoms with Gasteiger partial charge in [0.25, 0.3) is 5.91 Å². The van der Waals surface area contributed by atoms with Crippen LogP contribution in [-0.2, 0) is 17.7 Å². The number of methoxy groups -OCH3 is 1. The first-order valence-electron chi connectivity index (χ1n) is 8.72. The number of rotatable bonds is 7. The van der Waals surface area contributed by atoms with E-state index in [0.717, 1.165) is 5.56 Å². The van der Waals surface area contributed by atoms with E-state index in [1.165, 1.54) is 7.11 Å². The molecule has 0 atom stereocenters. The average Bonchev–Trinajstić information content (AvgIpc) is 3.24. The molecule has 2 aromatic carbocycles. The summed E-state index contributed by atoms with van der Waals surface area (Å²) in [6.45, 7) is 0.827. The molecule has 1 aromatic heterocycles. The van der Waals surface area contributed by atoms with Gasteiger partial charge in [-0.25, -0.2) is 4.79 Å². The number of furan rings is 1. The van der Waals surface area contributed by atoms with Gasteiger partial charge in [-0.2, -0.15) is 0 Å². The molecular formula is C22H21NO4. The monoisotopic (exact) mass is 363 g/mol. The lowest BCUT2D eigenvalue weighted by atomic mass is 10.1. The van der Waals surface area contributed by atoms with Gasteiger partial charge in [-0.05, 0) is 36.2 Å². The lowest BCUT2D eigenvalue weighted by molar-refractivity contribution is 0.0588. The molecule has 3 aromatic rings. The summed E-state index contributed by atoms with van der Waals surface area (Å²) in [5, 5.41) is 0. The summed E-state index contributed by atoms with van der Waals surface area (Å²) in [5.74, 6) is -0.0738. The lowest BCUT2D eigenvalue weighted by Gasteiger charge is -2.23. The van der Waals surface area contributed by atoms with Crippen molar-refractivity contribution in [3.8, 4) is 0 Å². The maximum atomic E-state index is 13.2. The molecule has 5 heteroatoms. The second-order valence-corrected chi connectivity index (χ2v) is 6.08. The van der Waals surface area contributed by atoms with Gasteiger partial charge in [-0.1, -0.05) is 42.5 Å². The van der Waals surface area contributed by atoms with E-state index in [4.69, 9.17) is 9.15 Å². The van der Waals surface area contributed by atoms with Crippen LogP contribution in [0.25, 0.3) is 0 Å². The molecule has 0 saturated carbocycles. The van der Waals surface area contributed by atoms with Crippen molar-refractivity contribution in [2.24, 2.45) is 0 Å². The Hall–Kier alpha value is -3.34. The van der Waals surface area contributed by atoms with Gasteiger partial charge in [0.2, 0.25) is 0 Å². The molecule has 3 rings (SSSR count). The number of carbonyl (C=O) groups is 2. The summed E-state index contributed by atoms with van der Waals surface area (Å²) in [6.07, 6.45) is 2.28. The zero-order chi connectivity index (χ0) is 19.1. The van der Waals surface area contributed by atoms with Crippen LogP contribution in [0.3, 0.4) is 0 Å². The number of amides is 1. The molecule has 0 aliphatic heterocycles. The Morgan fingerprint density at radius 1 is 0.926 bits per heavy atom. The number of hydrogen-bond acceptors (Lipinski definition) is 4. The van der Waals surface area contributed by atoms with Crippen LogP contribution in [0.1, 0.15) is 32.0 Å². The van der Waals surface area contributed by atoms with Crippen molar-refractivity contribution in [3.63, 3.8) is 0 Å². The van der Waals surface area contributed by atoms with Gasteiger partial charge in [0.15, 0.2) is 0 Å². The van der Waals surface area contributed by atoms with Crippen LogP contribution in [0, 0.1) is 0 Å². The molecule has 0 unspecified atom stereocenters. The quantitative estimate of drug-likeness (QED) is 0.596. The van der Waals surface area contributed by atoms with E-state index < -0.39 is 5.97 Å². The van der Waals surface area contributed by atoms with E-state index in [9.17, 15) is 9.59 Å². The van der Waals surface area contributed by atoms with E-state index >= 15 is 0 Å². The molecule has 0 fully saturated rings. The van der Waals surface area contributed by atoms with Crippen LogP contribution in [0.15, 0.2) is 77.4 Å². The number of carbonyl (C=O) groups excluding carboxylic acids is 2. The minimum Gasteiger partial charge on any atom is -0.467 e. The van der Waals surface area contributed by atoms with Crippen LogP contribution in [0.4, 0.5) is 0 Å². The van der Waals surface area contributed by atoms with Crippen molar-refractivity contribution in [1.29, 1.82) is 0 Å². The van der Waals surface area contributed by atoms with E-state index in [-0.39, 0.29) is 11.5 Å². The Kier molecular flexibility index (Phi) is 6.05. The van der Waals surface area contributed by atoms with Crippen molar-refractivity contribution in [2.75, 3.05) is 13.7 Å². The molecule has 0 aliphatic carbocycles. The third kappa shape index (κ3) is 4.64. The molecule has 27 heavy (non-hydrogen) atoms. The lowest BCUT2D eigenvalue weighted by Crippen LogP contribution is -2.33. The molecule has 0 saturated heterocycles. The molecule has 1 heterocycles. The van der Waals surface area contributed by atoms with Gasteiger partial charge in [-0.15, -0.1) is 0 Å². The Morgan fingerprint density at radius 2 is 1.63 bits per heavy atom. The average molecular weight is 363 g/mol. The van der Waals surface area contributed by atoms with Gasteiger partial charge < -0.3 is 14.1 Å². The molecule has 0 bridgehead atoms. The molecular weight excluding hydrogens is 342 g/mol. The van der Waals surface area contributed by atoms with E-state index in [1.54, 1.807) is 41.5 Å². The Balaban J connectivity index is 1.85. The predicted molar refractivity (Wildman–Crippen MR) is 101 cm³/mol. The van der Waals surface area contributed by atoms with Gasteiger partial charge in [0, 0.05) is 6.54 Å². The van der Waals surface area contributed by atoms with Crippen molar-refractivity contribution in [3.05, 3.63) is 95.4 Å². The molecule has 0 radical (unpaired) electrons. The SMILES string of the molecule is COC(=O)c1ccccc1C(=O)N(CCc1ccccc1)Cc1ccco1. The topological polar surface area (TPSA) is 59.8 Å². The minimum atomic E-state index is -0.528. The third-order valence-corrected chi connectivity index (χ3v) is 4.29. The Morgan fingerprint density at radius 3 is 2.30 bits per heavy atom. The normalized spacial score (nSPS) is 10.4. The standard InChI is InChI=1S/C22H21NO4/c1-26-22(25)20-12-6-5-11-19(20)21(24)23(16-18-10-7-15-27-18)14-13-17-8-3-2-4-9-17/h2-12,15H,13-14,16H2,1H3. The maximum absolute atomic E-state index is 13.2. The van der Waals surface area contributed by atoms with Crippen molar-refractivity contribution < 1.29 is 18.7 Å². The Labute approximate surface area is 158 Å². The first-order chi connectivity index (χ1) is 13.2. The molecule has 0 spiro atoms. The number of ether oxygens (including phenoxy) is 1. The molecule has 0 N–H and O–H groups in total. The highest BCUT2D eigenvalue weighted by Gasteiger charge is 2.23. The molecule has 5 nitrogen and oxygen atoms in total. The molecule has 138 valence electrons. The fraction of sp³-hybridized carbons (Fsp3) is 0.182. The second kappa shape index (κ2) is 8.85. The summed E-state index contributed by atoms with van der Waals surface area (Å²) in [6, 6.07) is 20.3. The Bertz CT molecular complexity index is 888. The largest absolute Gasteiger partial charge is 0.467 e. The number of benzene rings is 2. The summed E-state index contributed by atoms with van der Waals surface area (Å²) in [4.78, 5) is 26.9. The van der Waals surface area contributed by atoms with Crippen molar-refractivity contribution in [1.82, 2.24) is 4.90 Å². The maximum Gasteiger partial charge on any atom is 0.338 e. The fourth-order valence-electron chi connectivity index (χ4n) is 2.88. The van der Waals surface area contributed by atoms with Crippen LogP contribution >= 0.6 is 0 Å². The van der Waals surface area contributed by atoms with E-state index in [2.05, 4.69) is 0 Å². The summed E-state index contributed by atoms with van der Waals surface area (Å²) < 4.78 is 10.2. The smallest absolute Gasteiger partial charge is 0.338 e. The number of nitrogens with zero attached hydrogens (tertiary/aromatic N) is 1. The van der Waals surface area contributed by atoms with Crippen LogP contribution < -0.4 is 0 Å². The van der Waals surface area contributed by atoms with Crippen LogP contribution in [0.5, 0.6) is 0 Å². The third-order valence-electron chi connectivity index (χ3n) is 4.29. The summed E-state index contributed by atoms with van der Waals surface area (Å²) in [5.41, 5.74) is 1.72. The highest BCUT2D eigenvalue weighted by molar-refractivity contribution is 6.05. The van der Waals surface area contributed by atoms with Gasteiger partial charge in [0.05, 0.1) is 31.0 Å². The van der Waals surface area contributed by atoms with Crippen molar-refractivity contribution >= 4 is 11.9 Å². The number of hydrogen-bond donors (Lipinski definition) is 0. The zero-order valence-corrected chi connectivity index (χ0v) is 15.1. The fourth-order valence-corrected chi connectivity index (χ4v) is 2.88. The van der Waals surface area contributed by atoms with Gasteiger partial charge >= 0.3 is 5.97 Å². The molecule has 1 amide bonds. The number of esters is 1. The second-order valence-electron chi connectivity index (χ2n) is 6.08. The van der Waals surface area contributed by atoms with Gasteiger partial charge in [0.1, 0.15) is 5.76 Å². The van der Waals surface area contributed by atoms with Gasteiger partial charge in [-0.3, -0.25) is 4.79 Å². The van der Waals surface area contributed by atoms with Crippen LogP contribution in [0.2, 0.25) is 0 Å². The highest BCUT2D eigenvalue weighted by Crippen LogP contribution is 2.16. The summed E-state index contributed by atoms with van der Waals surface area (Å²) >= 11 is 0. The zero-order valence-electron chi connectivity index (χ0n) is 15.1. The summed E-state index contributed by atoms with van der Waals surface area (Å²) in [7, 11) is 1.31. The minimum absolute atomic E-state index is 0.233.